The fraction of sp³-hybridized carbons (Fsp3) is 0.455. The highest BCUT2D eigenvalue weighted by Crippen LogP contribution is 2.25. The number of hydrogen-bond donors (Lipinski definition) is 1. The van der Waals surface area contributed by atoms with Gasteiger partial charge in [-0.15, -0.1) is 0 Å². The van der Waals surface area contributed by atoms with Crippen LogP contribution in [0.15, 0.2) is 12.1 Å². The lowest BCUT2D eigenvalue weighted by Gasteiger charge is -2.26. The Balaban J connectivity index is 2.18. The quantitative estimate of drug-likeness (QED) is 0.823. The molecular formula is C11H13NO3. The first-order valence-electron chi connectivity index (χ1n) is 5.04. The Bertz CT molecular complexity index is 385. The largest absolute Gasteiger partial charge is 0.490 e. The van der Waals surface area contributed by atoms with Gasteiger partial charge in [-0.3, -0.25) is 0 Å². The SMILES string of the molecule is Cc1cc(OC2CCC2)cc(C(=O)O)n1. The maximum absolute atomic E-state index is 10.8. The molecule has 0 spiro atoms. The molecule has 0 unspecified atom stereocenters. The summed E-state index contributed by atoms with van der Waals surface area (Å²) < 4.78 is 5.62. The molecule has 1 aromatic rings. The first-order valence-corrected chi connectivity index (χ1v) is 5.04. The van der Waals surface area contributed by atoms with Gasteiger partial charge in [0, 0.05) is 17.8 Å². The Morgan fingerprint density at radius 1 is 1.53 bits per heavy atom. The number of hydrogen-bond acceptors (Lipinski definition) is 3. The molecule has 0 aromatic carbocycles. The number of rotatable bonds is 3. The summed E-state index contributed by atoms with van der Waals surface area (Å²) in [6.07, 6.45) is 3.57. The third kappa shape index (κ3) is 2.26. The second-order valence-electron chi connectivity index (χ2n) is 3.81. The van der Waals surface area contributed by atoms with Gasteiger partial charge in [0.2, 0.25) is 0 Å². The fourth-order valence-electron chi connectivity index (χ4n) is 1.50. The second-order valence-corrected chi connectivity index (χ2v) is 3.81. The van der Waals surface area contributed by atoms with Crippen molar-refractivity contribution in [1.29, 1.82) is 0 Å². The molecular weight excluding hydrogens is 194 g/mol. The van der Waals surface area contributed by atoms with Crippen molar-refractivity contribution in [3.05, 3.63) is 23.5 Å². The highest BCUT2D eigenvalue weighted by Gasteiger charge is 2.19. The van der Waals surface area contributed by atoms with Gasteiger partial charge in [-0.1, -0.05) is 0 Å². The average molecular weight is 207 g/mol. The van der Waals surface area contributed by atoms with Crippen LogP contribution >= 0.6 is 0 Å². The predicted octanol–water partition coefficient (Wildman–Crippen LogP) is 2.02. The standard InChI is InChI=1S/C11H13NO3/c1-7-5-9(15-8-3-2-4-8)6-10(12-7)11(13)14/h5-6,8H,2-4H2,1H3,(H,13,14). The zero-order chi connectivity index (χ0) is 10.8. The van der Waals surface area contributed by atoms with Gasteiger partial charge >= 0.3 is 5.97 Å². The van der Waals surface area contributed by atoms with E-state index < -0.39 is 5.97 Å². The molecule has 1 aromatic heterocycles. The van der Waals surface area contributed by atoms with Crippen LogP contribution in [0.2, 0.25) is 0 Å². The van der Waals surface area contributed by atoms with Crippen LogP contribution in [0.3, 0.4) is 0 Å². The molecule has 0 radical (unpaired) electrons. The maximum atomic E-state index is 10.8. The molecule has 4 heteroatoms. The molecule has 1 heterocycles. The van der Waals surface area contributed by atoms with Gasteiger partial charge in [0.25, 0.3) is 0 Å². The van der Waals surface area contributed by atoms with Crippen molar-refractivity contribution in [2.45, 2.75) is 32.3 Å². The Morgan fingerprint density at radius 2 is 2.27 bits per heavy atom. The molecule has 80 valence electrons. The summed E-state index contributed by atoms with van der Waals surface area (Å²) in [7, 11) is 0. The Kier molecular flexibility index (Phi) is 2.58. The zero-order valence-electron chi connectivity index (χ0n) is 8.56. The van der Waals surface area contributed by atoms with Crippen LogP contribution < -0.4 is 4.74 Å². The highest BCUT2D eigenvalue weighted by molar-refractivity contribution is 5.85. The van der Waals surface area contributed by atoms with Crippen molar-refractivity contribution >= 4 is 5.97 Å². The molecule has 1 N–H and O–H groups in total. The van der Waals surface area contributed by atoms with E-state index in [-0.39, 0.29) is 11.8 Å². The van der Waals surface area contributed by atoms with Gasteiger partial charge in [0.1, 0.15) is 5.75 Å². The third-order valence-electron chi connectivity index (χ3n) is 2.50. The lowest BCUT2D eigenvalue weighted by atomic mass is 9.96. The molecule has 0 atom stereocenters. The van der Waals surface area contributed by atoms with Gasteiger partial charge in [0.05, 0.1) is 6.10 Å². The predicted molar refractivity (Wildman–Crippen MR) is 54.2 cm³/mol. The van der Waals surface area contributed by atoms with Crippen molar-refractivity contribution < 1.29 is 14.6 Å². The Morgan fingerprint density at radius 3 is 2.80 bits per heavy atom. The van der Waals surface area contributed by atoms with E-state index in [0.717, 1.165) is 12.8 Å². The lowest BCUT2D eigenvalue weighted by Crippen LogP contribution is -2.24. The normalized spacial score (nSPS) is 15.8. The molecule has 0 saturated heterocycles. The van der Waals surface area contributed by atoms with Crippen LogP contribution in [-0.4, -0.2) is 22.2 Å². The third-order valence-corrected chi connectivity index (χ3v) is 2.50. The molecule has 1 fully saturated rings. The molecule has 1 aliphatic carbocycles. The molecule has 0 aliphatic heterocycles. The number of aromatic carboxylic acids is 1. The Hall–Kier alpha value is -1.58. The van der Waals surface area contributed by atoms with Crippen molar-refractivity contribution in [3.63, 3.8) is 0 Å². The number of aryl methyl sites for hydroxylation is 1. The van der Waals surface area contributed by atoms with Crippen LogP contribution in [0.1, 0.15) is 35.4 Å². The van der Waals surface area contributed by atoms with E-state index in [4.69, 9.17) is 9.84 Å². The van der Waals surface area contributed by atoms with E-state index in [1.807, 2.05) is 0 Å². The average Bonchev–Trinajstić information content (AvgIpc) is 2.10. The van der Waals surface area contributed by atoms with Gasteiger partial charge in [-0.2, -0.15) is 0 Å². The van der Waals surface area contributed by atoms with E-state index in [0.29, 0.717) is 11.4 Å². The summed E-state index contributed by atoms with van der Waals surface area (Å²) in [6, 6.07) is 3.25. The first-order chi connectivity index (χ1) is 7.15. The van der Waals surface area contributed by atoms with Gasteiger partial charge in [0.15, 0.2) is 5.69 Å². The summed E-state index contributed by atoms with van der Waals surface area (Å²) in [5.41, 5.74) is 0.716. The number of nitrogens with zero attached hydrogens (tertiary/aromatic N) is 1. The summed E-state index contributed by atoms with van der Waals surface area (Å²) in [4.78, 5) is 14.7. The molecule has 15 heavy (non-hydrogen) atoms. The van der Waals surface area contributed by atoms with Crippen LogP contribution in [0.5, 0.6) is 5.75 Å². The second kappa shape index (κ2) is 3.88. The number of pyridine rings is 1. The van der Waals surface area contributed by atoms with Crippen molar-refractivity contribution in [2.24, 2.45) is 0 Å². The van der Waals surface area contributed by atoms with Crippen LogP contribution in [0.4, 0.5) is 0 Å². The topological polar surface area (TPSA) is 59.4 Å². The van der Waals surface area contributed by atoms with Crippen LogP contribution in [0, 0.1) is 6.92 Å². The highest BCUT2D eigenvalue weighted by atomic mass is 16.5. The number of carboxylic acid groups (broad SMARTS) is 1. The summed E-state index contributed by atoms with van der Waals surface area (Å²) in [5, 5.41) is 8.82. The molecule has 0 bridgehead atoms. The number of aromatic nitrogens is 1. The number of carbonyl (C=O) groups is 1. The van der Waals surface area contributed by atoms with E-state index in [2.05, 4.69) is 4.98 Å². The van der Waals surface area contributed by atoms with E-state index in [1.54, 1.807) is 13.0 Å². The number of ether oxygens (including phenoxy) is 1. The fourth-order valence-corrected chi connectivity index (χ4v) is 1.50. The minimum absolute atomic E-state index is 0.0457. The molecule has 4 nitrogen and oxygen atoms in total. The van der Waals surface area contributed by atoms with Crippen molar-refractivity contribution in [3.8, 4) is 5.75 Å². The van der Waals surface area contributed by atoms with Gasteiger partial charge < -0.3 is 9.84 Å². The Labute approximate surface area is 87.9 Å². The monoisotopic (exact) mass is 207 g/mol. The van der Waals surface area contributed by atoms with Crippen molar-refractivity contribution in [1.82, 2.24) is 4.98 Å². The van der Waals surface area contributed by atoms with E-state index >= 15 is 0 Å². The lowest BCUT2D eigenvalue weighted by molar-refractivity contribution is 0.0687. The van der Waals surface area contributed by atoms with Gasteiger partial charge in [-0.25, -0.2) is 9.78 Å². The van der Waals surface area contributed by atoms with Gasteiger partial charge in [-0.05, 0) is 26.2 Å². The number of carboxylic acids is 1. The molecule has 2 rings (SSSR count). The van der Waals surface area contributed by atoms with Crippen molar-refractivity contribution in [2.75, 3.05) is 0 Å². The van der Waals surface area contributed by atoms with Crippen LogP contribution in [-0.2, 0) is 0 Å². The maximum Gasteiger partial charge on any atom is 0.354 e. The smallest absolute Gasteiger partial charge is 0.354 e. The van der Waals surface area contributed by atoms with E-state index in [9.17, 15) is 4.79 Å². The molecule has 1 saturated carbocycles. The molecule has 1 aliphatic rings. The summed E-state index contributed by atoms with van der Waals surface area (Å²) >= 11 is 0. The van der Waals surface area contributed by atoms with E-state index in [1.165, 1.54) is 12.5 Å². The summed E-state index contributed by atoms with van der Waals surface area (Å²) in [6.45, 7) is 1.76. The van der Waals surface area contributed by atoms with Crippen LogP contribution in [0.25, 0.3) is 0 Å². The summed E-state index contributed by atoms with van der Waals surface area (Å²) in [5.74, 6) is -0.401. The first kappa shape index (κ1) is 9.96. The minimum Gasteiger partial charge on any atom is -0.490 e. The minimum atomic E-state index is -1.02. The molecule has 0 amide bonds. The zero-order valence-corrected chi connectivity index (χ0v) is 8.56.